The Morgan fingerprint density at radius 3 is 1.38 bits per heavy atom. The molecule has 0 aliphatic heterocycles. The number of benzene rings is 2. The molecule has 0 fully saturated rings. The van der Waals surface area contributed by atoms with E-state index in [9.17, 15) is 30.0 Å². The molecule has 0 atom stereocenters. The van der Waals surface area contributed by atoms with Crippen LogP contribution in [0, 0.1) is 0 Å². The first-order valence-electron chi connectivity index (χ1n) is 7.97. The summed E-state index contributed by atoms with van der Waals surface area (Å²) in [5, 5.41) is 41.2. The van der Waals surface area contributed by atoms with Gasteiger partial charge in [0.2, 0.25) is 0 Å². The minimum atomic E-state index is -1.35. The standard InChI is InChI=1S/2C10H7NO3.Co/c2*12-8-3-1-2-6-4-5-7(10(13)14)11-9(6)8;/h2*1-5,12H,(H,13,14);/q;;+2/p-2. The van der Waals surface area contributed by atoms with Gasteiger partial charge in [-0.3, -0.25) is 0 Å². The maximum absolute atomic E-state index is 10.5. The molecule has 0 aliphatic rings. The van der Waals surface area contributed by atoms with Crippen LogP contribution in [0.15, 0.2) is 60.7 Å². The van der Waals surface area contributed by atoms with Crippen molar-refractivity contribution in [1.29, 1.82) is 0 Å². The van der Waals surface area contributed by atoms with Crippen LogP contribution in [-0.2, 0) is 16.8 Å². The van der Waals surface area contributed by atoms with Crippen LogP contribution in [0.5, 0.6) is 11.5 Å². The number of pyridine rings is 2. The van der Waals surface area contributed by atoms with Gasteiger partial charge in [0.25, 0.3) is 0 Å². The van der Waals surface area contributed by atoms with Crippen LogP contribution in [0.4, 0.5) is 0 Å². The van der Waals surface area contributed by atoms with E-state index in [0.717, 1.165) is 0 Å². The van der Waals surface area contributed by atoms with Gasteiger partial charge in [-0.05, 0) is 24.3 Å². The van der Waals surface area contributed by atoms with Crippen LogP contribution < -0.4 is 10.2 Å². The van der Waals surface area contributed by atoms with Gasteiger partial charge in [0.1, 0.15) is 22.5 Å². The van der Waals surface area contributed by atoms with Crippen LogP contribution in [0.25, 0.3) is 21.8 Å². The summed E-state index contributed by atoms with van der Waals surface area (Å²) < 4.78 is 0. The number of rotatable bonds is 2. The van der Waals surface area contributed by atoms with Gasteiger partial charge < -0.3 is 30.0 Å². The number of carboxylic acid groups (broad SMARTS) is 2. The first kappa shape index (κ1) is 21.6. The Morgan fingerprint density at radius 2 is 1.03 bits per heavy atom. The molecule has 2 aromatic carbocycles. The maximum atomic E-state index is 10.5. The molecule has 1 radical (unpaired) electrons. The fourth-order valence-corrected chi connectivity index (χ4v) is 2.49. The van der Waals surface area contributed by atoms with E-state index in [1.165, 1.54) is 24.3 Å². The Balaban J connectivity index is 0.000000200. The molecule has 0 saturated carbocycles. The number of aromatic hydroxyl groups is 2. The van der Waals surface area contributed by atoms with Crippen LogP contribution in [0.3, 0.4) is 0 Å². The van der Waals surface area contributed by atoms with E-state index in [2.05, 4.69) is 9.97 Å². The van der Waals surface area contributed by atoms with Crippen molar-refractivity contribution in [2.24, 2.45) is 0 Å². The zero-order valence-electron chi connectivity index (χ0n) is 14.5. The normalized spacial score (nSPS) is 9.93. The van der Waals surface area contributed by atoms with Gasteiger partial charge in [-0.25, -0.2) is 9.97 Å². The van der Waals surface area contributed by atoms with E-state index in [0.29, 0.717) is 10.8 Å². The van der Waals surface area contributed by atoms with Gasteiger partial charge in [0.05, 0.1) is 23.3 Å². The zero-order valence-corrected chi connectivity index (χ0v) is 15.6. The van der Waals surface area contributed by atoms with E-state index in [1.54, 1.807) is 36.4 Å². The Morgan fingerprint density at radius 1 is 0.655 bits per heavy atom. The molecular formula is C20H12CoN2O6. The number of hydrogen-bond acceptors (Lipinski definition) is 8. The molecular weight excluding hydrogens is 423 g/mol. The Labute approximate surface area is 174 Å². The molecule has 4 aromatic rings. The third-order valence-corrected chi connectivity index (χ3v) is 3.82. The van der Waals surface area contributed by atoms with Crippen molar-refractivity contribution in [3.05, 3.63) is 72.1 Å². The fourth-order valence-electron chi connectivity index (χ4n) is 2.49. The van der Waals surface area contributed by atoms with E-state index in [1.807, 2.05) is 0 Å². The molecule has 2 N–H and O–H groups in total. The summed E-state index contributed by atoms with van der Waals surface area (Å²) in [6.07, 6.45) is 0. The van der Waals surface area contributed by atoms with Gasteiger partial charge in [-0.2, -0.15) is 0 Å². The summed E-state index contributed by atoms with van der Waals surface area (Å²) in [7, 11) is 0. The Hall–Kier alpha value is -3.69. The van der Waals surface area contributed by atoms with Gasteiger partial charge in [0, 0.05) is 10.8 Å². The third-order valence-electron chi connectivity index (χ3n) is 3.82. The summed E-state index contributed by atoms with van der Waals surface area (Å²) in [5.74, 6) is -2.78. The number of aromatic nitrogens is 2. The molecule has 8 nitrogen and oxygen atoms in total. The maximum Gasteiger partial charge on any atom is 2.00 e. The first-order chi connectivity index (χ1) is 13.4. The second-order valence-corrected chi connectivity index (χ2v) is 5.67. The summed E-state index contributed by atoms with van der Waals surface area (Å²) >= 11 is 0. The van der Waals surface area contributed by atoms with Crippen molar-refractivity contribution in [1.82, 2.24) is 9.97 Å². The van der Waals surface area contributed by atoms with Crippen LogP contribution in [-0.4, -0.2) is 32.1 Å². The van der Waals surface area contributed by atoms with Crippen molar-refractivity contribution in [3.8, 4) is 11.5 Å². The predicted molar refractivity (Wildman–Crippen MR) is 95.5 cm³/mol. The second kappa shape index (κ2) is 9.00. The molecule has 0 bridgehead atoms. The number of hydrogen-bond donors (Lipinski definition) is 2. The van der Waals surface area contributed by atoms with E-state index in [4.69, 9.17) is 0 Å². The second-order valence-electron chi connectivity index (χ2n) is 5.67. The number of carbonyl (C=O) groups is 2. The number of carboxylic acids is 2. The van der Waals surface area contributed by atoms with E-state index >= 15 is 0 Å². The molecule has 0 amide bonds. The Bertz CT molecular complexity index is 1120. The summed E-state index contributed by atoms with van der Waals surface area (Å²) in [6.45, 7) is 0. The average Bonchev–Trinajstić information content (AvgIpc) is 2.68. The monoisotopic (exact) mass is 435 g/mol. The zero-order chi connectivity index (χ0) is 20.3. The number of phenolic OH excluding ortho intramolecular Hbond substituents is 2. The minimum Gasteiger partial charge on any atom is -0.543 e. The first-order valence-corrected chi connectivity index (χ1v) is 7.97. The number of aromatic carboxylic acids is 2. The van der Waals surface area contributed by atoms with E-state index < -0.39 is 11.9 Å². The summed E-state index contributed by atoms with van der Waals surface area (Å²) in [5.41, 5.74) is 0.182. The fraction of sp³-hybridized carbons (Fsp3) is 0. The van der Waals surface area contributed by atoms with Crippen LogP contribution >= 0.6 is 0 Å². The number of para-hydroxylation sites is 2. The summed E-state index contributed by atoms with van der Waals surface area (Å²) in [6, 6.07) is 15.6. The number of carbonyl (C=O) groups excluding carboxylic acids is 2. The van der Waals surface area contributed by atoms with Crippen LogP contribution in [0.1, 0.15) is 21.0 Å². The van der Waals surface area contributed by atoms with Gasteiger partial charge >= 0.3 is 16.8 Å². The van der Waals surface area contributed by atoms with Crippen molar-refractivity contribution in [3.63, 3.8) is 0 Å². The van der Waals surface area contributed by atoms with Gasteiger partial charge in [0.15, 0.2) is 0 Å². The third kappa shape index (κ3) is 4.78. The molecule has 0 unspecified atom stereocenters. The molecule has 0 spiro atoms. The van der Waals surface area contributed by atoms with Crippen LogP contribution in [0.2, 0.25) is 0 Å². The molecule has 147 valence electrons. The molecule has 0 saturated heterocycles. The molecule has 9 heteroatoms. The summed E-state index contributed by atoms with van der Waals surface area (Å²) in [4.78, 5) is 28.5. The Kier molecular flexibility index (Phi) is 6.70. The smallest absolute Gasteiger partial charge is 0.543 e. The quantitative estimate of drug-likeness (QED) is 0.466. The average molecular weight is 435 g/mol. The molecule has 2 aromatic heterocycles. The largest absolute Gasteiger partial charge is 2.00 e. The SMILES string of the molecule is O=C([O-])c1ccc2cccc(O)c2n1.O=C([O-])c1ccc2cccc(O)c2n1.[Co+2]. The van der Waals surface area contributed by atoms with Crippen molar-refractivity contribution < 1.29 is 46.8 Å². The topological polar surface area (TPSA) is 146 Å². The number of phenols is 2. The van der Waals surface area contributed by atoms with E-state index in [-0.39, 0.29) is 50.7 Å². The molecule has 29 heavy (non-hydrogen) atoms. The number of fused-ring (bicyclic) bond motifs is 2. The van der Waals surface area contributed by atoms with Crippen molar-refractivity contribution >= 4 is 33.7 Å². The minimum absolute atomic E-state index is 0. The molecule has 2 heterocycles. The van der Waals surface area contributed by atoms with Gasteiger partial charge in [-0.1, -0.05) is 36.4 Å². The molecule has 4 rings (SSSR count). The number of nitrogens with zero attached hydrogens (tertiary/aromatic N) is 2. The predicted octanol–water partition coefficient (Wildman–Crippen LogP) is 0.605. The molecule has 0 aliphatic carbocycles. The van der Waals surface area contributed by atoms with Gasteiger partial charge in [-0.15, -0.1) is 0 Å². The van der Waals surface area contributed by atoms with Crippen molar-refractivity contribution in [2.45, 2.75) is 0 Å². The van der Waals surface area contributed by atoms with Crippen molar-refractivity contribution in [2.75, 3.05) is 0 Å².